The minimum Gasteiger partial charge on any atom is -0.275 e. The van der Waals surface area contributed by atoms with Gasteiger partial charge in [-0.05, 0) is 67.6 Å². The van der Waals surface area contributed by atoms with Crippen molar-refractivity contribution in [3.63, 3.8) is 0 Å². The van der Waals surface area contributed by atoms with E-state index in [1.807, 2.05) is 27.0 Å². The Morgan fingerprint density at radius 1 is 0.600 bits per heavy atom. The molecule has 0 aliphatic rings. The molecular weight excluding hydrogens is 817 g/mol. The Balaban J connectivity index is 0.000000408. The van der Waals surface area contributed by atoms with Crippen molar-refractivity contribution < 1.29 is 14.8 Å². The van der Waals surface area contributed by atoms with Crippen LogP contribution in [0.1, 0.15) is 48.6 Å². The van der Waals surface area contributed by atoms with E-state index in [0.29, 0.717) is 39.3 Å². The zero-order chi connectivity index (χ0) is 38.2. The van der Waals surface area contributed by atoms with Crippen LogP contribution in [0.15, 0.2) is 97.5 Å². The number of rotatable bonds is 6. The molecular formula is C39H46IN9O6. The van der Waals surface area contributed by atoms with Crippen molar-refractivity contribution in [2.24, 2.45) is 26.6 Å². The SMILES string of the molecule is C.C.C.Cn1cc(C#CC(C)(C)C)c(-c2ccccc2[N+](=O)[O-])n1.Cn1cc(I)c(-c2ccccc2[N+](=O)[O-])n1.Cn1ccc(-c2ccccc2[N+](=O)[O-])n1. The molecule has 0 spiro atoms. The molecule has 55 heavy (non-hydrogen) atoms. The lowest BCUT2D eigenvalue weighted by Crippen LogP contribution is -1.99. The van der Waals surface area contributed by atoms with E-state index in [9.17, 15) is 30.3 Å². The molecule has 0 radical (unpaired) electrons. The lowest BCUT2D eigenvalue weighted by atomic mass is 9.97. The molecule has 0 amide bonds. The highest BCUT2D eigenvalue weighted by Gasteiger charge is 2.21. The highest BCUT2D eigenvalue weighted by molar-refractivity contribution is 14.1. The number of halogens is 1. The number of para-hydroxylation sites is 3. The fraction of sp³-hybridized carbons (Fsp3) is 0.256. The van der Waals surface area contributed by atoms with Crippen molar-refractivity contribution in [1.82, 2.24) is 29.3 Å². The normalized spacial score (nSPS) is 9.95. The number of nitro groups is 3. The molecule has 0 fully saturated rings. The molecule has 16 heteroatoms. The molecule has 0 saturated heterocycles. The van der Waals surface area contributed by atoms with Crippen molar-refractivity contribution >= 4 is 39.7 Å². The number of hydrogen-bond acceptors (Lipinski definition) is 9. The van der Waals surface area contributed by atoms with Crippen LogP contribution in [-0.4, -0.2) is 44.1 Å². The molecule has 0 saturated carbocycles. The van der Waals surface area contributed by atoms with E-state index >= 15 is 0 Å². The first-order valence-corrected chi connectivity index (χ1v) is 16.6. The van der Waals surface area contributed by atoms with Crippen LogP contribution in [0.4, 0.5) is 17.1 Å². The topological polar surface area (TPSA) is 183 Å². The summed E-state index contributed by atoms with van der Waals surface area (Å²) in [5.74, 6) is 6.22. The van der Waals surface area contributed by atoms with Crippen molar-refractivity contribution in [2.75, 3.05) is 0 Å². The third-order valence-electron chi connectivity index (χ3n) is 6.99. The van der Waals surface area contributed by atoms with Gasteiger partial charge in [-0.2, -0.15) is 15.3 Å². The molecule has 0 aliphatic heterocycles. The summed E-state index contributed by atoms with van der Waals surface area (Å²) >= 11 is 2.12. The molecule has 0 N–H and O–H groups in total. The number of nitrogens with zero attached hydrogens (tertiary/aromatic N) is 9. The number of hydrogen-bond donors (Lipinski definition) is 0. The summed E-state index contributed by atoms with van der Waals surface area (Å²) in [6, 6.07) is 21.5. The molecule has 0 atom stereocenters. The second-order valence-electron chi connectivity index (χ2n) is 12.3. The van der Waals surface area contributed by atoms with Crippen LogP contribution in [0.25, 0.3) is 33.8 Å². The zero-order valence-electron chi connectivity index (χ0n) is 29.1. The summed E-state index contributed by atoms with van der Waals surface area (Å²) in [7, 11) is 5.35. The van der Waals surface area contributed by atoms with Gasteiger partial charge in [0, 0.05) is 63.3 Å². The maximum absolute atomic E-state index is 11.2. The number of aryl methyl sites for hydroxylation is 3. The average Bonchev–Trinajstić information content (AvgIpc) is 3.80. The molecule has 6 rings (SSSR count). The van der Waals surface area contributed by atoms with E-state index in [2.05, 4.69) is 49.7 Å². The smallest absolute Gasteiger partial charge is 0.275 e. The maximum atomic E-state index is 11.2. The van der Waals surface area contributed by atoms with Gasteiger partial charge in [0.25, 0.3) is 17.1 Å². The van der Waals surface area contributed by atoms with Gasteiger partial charge in [0.15, 0.2) is 0 Å². The Morgan fingerprint density at radius 3 is 1.44 bits per heavy atom. The molecule has 290 valence electrons. The van der Waals surface area contributed by atoms with Crippen LogP contribution in [0.2, 0.25) is 0 Å². The standard InChI is InChI=1S/C16H17N3O2.C10H8IN3O2.C10H9N3O2.3CH4/c1-16(2,3)10-9-12-11-18(4)17-15(12)13-7-5-6-8-14(13)19(20)21;1-13-6-8(11)10(12-13)7-4-2-3-5-9(7)14(15)16;1-12-7-6-9(11-12)8-4-2-3-5-10(8)13(14)15;;;/h5-8,11H,1-4H3;2-6H,1H3;2-7H,1H3;3*1H4. The fourth-order valence-electron chi connectivity index (χ4n) is 4.75. The average molecular weight is 864 g/mol. The van der Waals surface area contributed by atoms with Crippen LogP contribution in [0, 0.1) is 51.2 Å². The summed E-state index contributed by atoms with van der Waals surface area (Å²) in [6.07, 6.45) is 5.36. The van der Waals surface area contributed by atoms with Gasteiger partial charge in [0.2, 0.25) is 0 Å². The maximum Gasteiger partial charge on any atom is 0.278 e. The Bertz CT molecular complexity index is 2310. The monoisotopic (exact) mass is 863 g/mol. The first kappa shape index (κ1) is 46.8. The third kappa shape index (κ3) is 12.4. The van der Waals surface area contributed by atoms with Gasteiger partial charge in [0.05, 0.1) is 46.3 Å². The molecule has 3 heterocycles. The minimum absolute atomic E-state index is 0. The van der Waals surface area contributed by atoms with Crippen molar-refractivity contribution in [1.29, 1.82) is 0 Å². The minimum atomic E-state index is -0.399. The van der Waals surface area contributed by atoms with Crippen LogP contribution in [0.3, 0.4) is 0 Å². The number of nitro benzene ring substituents is 3. The van der Waals surface area contributed by atoms with Gasteiger partial charge < -0.3 is 0 Å². The Hall–Kier alpha value is -6.22. The molecule has 3 aromatic heterocycles. The van der Waals surface area contributed by atoms with Crippen LogP contribution in [-0.2, 0) is 21.1 Å². The predicted octanol–water partition coefficient (Wildman–Crippen LogP) is 9.90. The van der Waals surface area contributed by atoms with Crippen molar-refractivity contribution in [3.05, 3.63) is 137 Å². The second kappa shape index (κ2) is 20.3. The van der Waals surface area contributed by atoms with Crippen LogP contribution < -0.4 is 0 Å². The van der Waals surface area contributed by atoms with E-state index in [0.717, 1.165) is 3.57 Å². The van der Waals surface area contributed by atoms with Crippen LogP contribution in [0.5, 0.6) is 0 Å². The Kier molecular flexibility index (Phi) is 17.3. The largest absolute Gasteiger partial charge is 0.278 e. The summed E-state index contributed by atoms with van der Waals surface area (Å²) < 4.78 is 5.79. The first-order chi connectivity index (χ1) is 24.6. The summed E-state index contributed by atoms with van der Waals surface area (Å²) in [6.45, 7) is 6.04. The number of benzene rings is 3. The van der Waals surface area contributed by atoms with E-state index in [4.69, 9.17) is 0 Å². The van der Waals surface area contributed by atoms with Gasteiger partial charge in [0.1, 0.15) is 11.4 Å². The summed E-state index contributed by atoms with van der Waals surface area (Å²) in [5.41, 5.74) is 4.14. The van der Waals surface area contributed by atoms with Gasteiger partial charge in [-0.25, -0.2) is 0 Å². The van der Waals surface area contributed by atoms with E-state index in [1.165, 1.54) is 18.2 Å². The highest BCUT2D eigenvalue weighted by Crippen LogP contribution is 2.32. The Morgan fingerprint density at radius 2 is 1.02 bits per heavy atom. The number of aromatic nitrogens is 6. The molecule has 0 aliphatic carbocycles. The zero-order valence-corrected chi connectivity index (χ0v) is 31.2. The fourth-order valence-corrected chi connectivity index (χ4v) is 5.55. The van der Waals surface area contributed by atoms with Crippen LogP contribution >= 0.6 is 22.6 Å². The quantitative estimate of drug-likeness (QED) is 0.0681. The van der Waals surface area contributed by atoms with Crippen molar-refractivity contribution in [3.8, 4) is 45.6 Å². The molecule has 6 aromatic rings. The highest BCUT2D eigenvalue weighted by atomic mass is 127. The summed E-state index contributed by atoms with van der Waals surface area (Å²) in [4.78, 5) is 31.6. The first-order valence-electron chi connectivity index (χ1n) is 15.5. The van der Waals surface area contributed by atoms with Gasteiger partial charge in [-0.1, -0.05) is 70.5 Å². The lowest BCUT2D eigenvalue weighted by Gasteiger charge is -2.06. The molecule has 15 nitrogen and oxygen atoms in total. The third-order valence-corrected chi connectivity index (χ3v) is 7.78. The molecule has 0 bridgehead atoms. The second-order valence-corrected chi connectivity index (χ2v) is 13.4. The van der Waals surface area contributed by atoms with E-state index < -0.39 is 9.85 Å². The van der Waals surface area contributed by atoms with E-state index in [-0.39, 0.29) is 49.7 Å². The Labute approximate surface area is 334 Å². The summed E-state index contributed by atoms with van der Waals surface area (Å²) in [5, 5.41) is 45.5. The van der Waals surface area contributed by atoms with E-state index in [1.54, 1.807) is 108 Å². The molecule has 3 aromatic carbocycles. The van der Waals surface area contributed by atoms with Gasteiger partial charge >= 0.3 is 0 Å². The van der Waals surface area contributed by atoms with Gasteiger partial charge in [-0.15, -0.1) is 0 Å². The lowest BCUT2D eigenvalue weighted by molar-refractivity contribution is -0.384. The predicted molar refractivity (Wildman–Crippen MR) is 225 cm³/mol. The molecule has 0 unspecified atom stereocenters. The van der Waals surface area contributed by atoms with Gasteiger partial charge in [-0.3, -0.25) is 44.4 Å². The van der Waals surface area contributed by atoms with Crippen molar-refractivity contribution in [2.45, 2.75) is 43.1 Å².